The first kappa shape index (κ1) is 46.6. The highest BCUT2D eigenvalue weighted by Gasteiger charge is 2.18. The molecule has 0 rings (SSSR count). The summed E-state index contributed by atoms with van der Waals surface area (Å²) >= 11 is 0. The standard InChI is InChI=1S/C42H76N2O5/c1-3-5-7-9-11-13-14-15-16-17-18-20-26-30-36-41(46)49-38(32-27-23-19-12-10-8-6-4-2)33-28-24-21-22-25-29-35-40(45)44-39(42(47)48)34-31-37-43/h9,11,14-15,27,32,38-39H,3-8,10,12-13,16-26,28-31,33-37,43H2,1-2H3,(H,44,45)(H,47,48)/b11-9-,15-14-,32-27-. The van der Waals surface area contributed by atoms with Crippen LogP contribution < -0.4 is 11.1 Å². The Bertz CT molecular complexity index is 869. The summed E-state index contributed by atoms with van der Waals surface area (Å²) < 4.78 is 5.93. The first-order valence-electron chi connectivity index (χ1n) is 20.3. The van der Waals surface area contributed by atoms with Crippen LogP contribution in [0.15, 0.2) is 36.5 Å². The predicted octanol–water partition coefficient (Wildman–Crippen LogP) is 11.1. The summed E-state index contributed by atoms with van der Waals surface area (Å²) in [7, 11) is 0. The van der Waals surface area contributed by atoms with Gasteiger partial charge in [-0.1, -0.05) is 134 Å². The molecule has 0 saturated heterocycles. The SMILES string of the molecule is CCCC/C=C\C/C=C\CCCCCCCC(=O)OC(/C=C\CCCCCCCC)CCCCCCCCC(=O)NC(CCCN)C(=O)O. The lowest BCUT2D eigenvalue weighted by Gasteiger charge is -2.15. The lowest BCUT2D eigenvalue weighted by molar-refractivity contribution is -0.147. The van der Waals surface area contributed by atoms with Gasteiger partial charge in [-0.3, -0.25) is 9.59 Å². The van der Waals surface area contributed by atoms with Crippen LogP contribution in [-0.2, 0) is 19.1 Å². The van der Waals surface area contributed by atoms with E-state index in [2.05, 4.69) is 55.6 Å². The third kappa shape index (κ3) is 33.8. The fraction of sp³-hybridized carbons (Fsp3) is 0.786. The minimum atomic E-state index is -1.01. The molecule has 0 saturated carbocycles. The lowest BCUT2D eigenvalue weighted by Crippen LogP contribution is -2.40. The Hall–Kier alpha value is -2.41. The lowest BCUT2D eigenvalue weighted by atomic mass is 10.0. The second-order valence-corrected chi connectivity index (χ2v) is 13.7. The quantitative estimate of drug-likeness (QED) is 0.0342. The van der Waals surface area contributed by atoms with Gasteiger partial charge in [0.05, 0.1) is 0 Å². The van der Waals surface area contributed by atoms with Crippen LogP contribution in [-0.4, -0.2) is 41.6 Å². The van der Waals surface area contributed by atoms with Crippen molar-refractivity contribution in [2.24, 2.45) is 5.73 Å². The van der Waals surface area contributed by atoms with Gasteiger partial charge in [-0.15, -0.1) is 0 Å². The minimum Gasteiger partial charge on any atom is -0.480 e. The number of carboxylic acid groups (broad SMARTS) is 1. The van der Waals surface area contributed by atoms with Crippen molar-refractivity contribution in [3.05, 3.63) is 36.5 Å². The van der Waals surface area contributed by atoms with Gasteiger partial charge in [-0.05, 0) is 89.7 Å². The van der Waals surface area contributed by atoms with Gasteiger partial charge in [0.15, 0.2) is 0 Å². The summed E-state index contributed by atoms with van der Waals surface area (Å²) in [5.41, 5.74) is 5.47. The number of nitrogens with two attached hydrogens (primary N) is 1. The normalized spacial score (nSPS) is 13.0. The molecule has 1 amide bonds. The van der Waals surface area contributed by atoms with Crippen LogP contribution in [0.3, 0.4) is 0 Å². The zero-order chi connectivity index (χ0) is 36.0. The predicted molar refractivity (Wildman–Crippen MR) is 207 cm³/mol. The van der Waals surface area contributed by atoms with Gasteiger partial charge in [-0.2, -0.15) is 0 Å². The molecule has 0 fully saturated rings. The molecule has 7 nitrogen and oxygen atoms in total. The number of esters is 1. The Kier molecular flexibility index (Phi) is 35.0. The van der Waals surface area contributed by atoms with E-state index in [4.69, 9.17) is 10.5 Å². The molecule has 0 bridgehead atoms. The van der Waals surface area contributed by atoms with Gasteiger partial charge in [0.2, 0.25) is 5.91 Å². The summed E-state index contributed by atoms with van der Waals surface area (Å²) in [6.07, 6.45) is 42.0. The number of ether oxygens (including phenoxy) is 1. The third-order valence-corrected chi connectivity index (χ3v) is 8.91. The van der Waals surface area contributed by atoms with E-state index in [1.165, 1.54) is 77.0 Å². The zero-order valence-electron chi connectivity index (χ0n) is 31.8. The van der Waals surface area contributed by atoms with Gasteiger partial charge in [-0.25, -0.2) is 4.79 Å². The fourth-order valence-corrected chi connectivity index (χ4v) is 5.79. The number of rotatable bonds is 36. The summed E-state index contributed by atoms with van der Waals surface area (Å²) in [6.45, 7) is 4.88. The molecule has 0 heterocycles. The van der Waals surface area contributed by atoms with Crippen LogP contribution in [0.2, 0.25) is 0 Å². The molecule has 284 valence electrons. The van der Waals surface area contributed by atoms with Crippen molar-refractivity contribution in [3.8, 4) is 0 Å². The Morgan fingerprint density at radius 1 is 0.612 bits per heavy atom. The molecule has 7 heteroatoms. The Labute approximate surface area is 301 Å². The van der Waals surface area contributed by atoms with Gasteiger partial charge < -0.3 is 20.9 Å². The Morgan fingerprint density at radius 3 is 1.76 bits per heavy atom. The topological polar surface area (TPSA) is 119 Å². The maximum absolute atomic E-state index is 12.7. The average Bonchev–Trinajstić information content (AvgIpc) is 3.08. The van der Waals surface area contributed by atoms with Gasteiger partial charge >= 0.3 is 11.9 Å². The number of hydrogen-bond donors (Lipinski definition) is 3. The van der Waals surface area contributed by atoms with E-state index in [1.807, 2.05) is 0 Å². The van der Waals surface area contributed by atoms with E-state index in [0.29, 0.717) is 32.2 Å². The van der Waals surface area contributed by atoms with E-state index in [-0.39, 0.29) is 18.0 Å². The van der Waals surface area contributed by atoms with Gasteiger partial charge in [0.1, 0.15) is 12.1 Å². The molecule has 0 aromatic rings. The molecule has 2 atom stereocenters. The second kappa shape index (κ2) is 36.9. The molecule has 0 aromatic heterocycles. The number of nitrogens with one attached hydrogen (secondary N) is 1. The van der Waals surface area contributed by atoms with Crippen LogP contribution in [0.4, 0.5) is 0 Å². The molecular formula is C42H76N2O5. The maximum atomic E-state index is 12.7. The average molecular weight is 689 g/mol. The fourth-order valence-electron chi connectivity index (χ4n) is 5.79. The molecular weight excluding hydrogens is 612 g/mol. The van der Waals surface area contributed by atoms with Crippen LogP contribution in [0.25, 0.3) is 0 Å². The van der Waals surface area contributed by atoms with Crippen molar-refractivity contribution < 1.29 is 24.2 Å². The van der Waals surface area contributed by atoms with Crippen LogP contribution >= 0.6 is 0 Å². The van der Waals surface area contributed by atoms with Crippen molar-refractivity contribution in [1.29, 1.82) is 0 Å². The molecule has 4 N–H and O–H groups in total. The number of carbonyl (C=O) groups is 3. The second-order valence-electron chi connectivity index (χ2n) is 13.7. The number of allylic oxidation sites excluding steroid dienone is 5. The zero-order valence-corrected chi connectivity index (χ0v) is 31.8. The molecule has 0 spiro atoms. The molecule has 0 aromatic carbocycles. The van der Waals surface area contributed by atoms with Crippen molar-refractivity contribution in [3.63, 3.8) is 0 Å². The van der Waals surface area contributed by atoms with Crippen molar-refractivity contribution in [1.82, 2.24) is 5.32 Å². The molecule has 49 heavy (non-hydrogen) atoms. The summed E-state index contributed by atoms with van der Waals surface area (Å²) in [5.74, 6) is -1.28. The Morgan fingerprint density at radius 2 is 1.14 bits per heavy atom. The van der Waals surface area contributed by atoms with E-state index in [9.17, 15) is 19.5 Å². The molecule has 0 radical (unpaired) electrons. The molecule has 0 aliphatic rings. The highest BCUT2D eigenvalue weighted by atomic mass is 16.5. The summed E-state index contributed by atoms with van der Waals surface area (Å²) in [4.78, 5) is 36.1. The number of carbonyl (C=O) groups excluding carboxylic acids is 2. The smallest absolute Gasteiger partial charge is 0.326 e. The van der Waals surface area contributed by atoms with Crippen molar-refractivity contribution >= 4 is 17.8 Å². The third-order valence-electron chi connectivity index (χ3n) is 8.91. The number of hydrogen-bond acceptors (Lipinski definition) is 5. The van der Waals surface area contributed by atoms with Crippen molar-refractivity contribution in [2.75, 3.05) is 6.54 Å². The first-order valence-corrected chi connectivity index (χ1v) is 20.3. The van der Waals surface area contributed by atoms with E-state index >= 15 is 0 Å². The van der Waals surface area contributed by atoms with Crippen LogP contribution in [0, 0.1) is 0 Å². The Balaban J connectivity index is 4.29. The maximum Gasteiger partial charge on any atom is 0.326 e. The van der Waals surface area contributed by atoms with E-state index < -0.39 is 12.0 Å². The minimum absolute atomic E-state index is 0.0735. The highest BCUT2D eigenvalue weighted by Crippen LogP contribution is 2.16. The number of unbranched alkanes of at least 4 members (excludes halogenated alkanes) is 18. The number of carboxylic acids is 1. The molecule has 0 aliphatic carbocycles. The van der Waals surface area contributed by atoms with Crippen LogP contribution in [0.5, 0.6) is 0 Å². The molecule has 0 aliphatic heterocycles. The molecule has 2 unspecified atom stereocenters. The van der Waals surface area contributed by atoms with Crippen LogP contribution in [0.1, 0.15) is 194 Å². The van der Waals surface area contributed by atoms with Gasteiger partial charge in [0.25, 0.3) is 0 Å². The summed E-state index contributed by atoms with van der Waals surface area (Å²) in [5, 5.41) is 11.9. The summed E-state index contributed by atoms with van der Waals surface area (Å²) in [6, 6.07) is -0.853. The first-order chi connectivity index (χ1) is 23.9. The monoisotopic (exact) mass is 689 g/mol. The van der Waals surface area contributed by atoms with E-state index in [1.54, 1.807) is 0 Å². The van der Waals surface area contributed by atoms with Crippen molar-refractivity contribution in [2.45, 2.75) is 206 Å². The highest BCUT2D eigenvalue weighted by molar-refractivity contribution is 5.83. The van der Waals surface area contributed by atoms with Gasteiger partial charge in [0, 0.05) is 12.8 Å². The number of amides is 1. The van der Waals surface area contributed by atoms with E-state index in [0.717, 1.165) is 77.0 Å². The number of aliphatic carboxylic acids is 1. The largest absolute Gasteiger partial charge is 0.480 e.